The third-order valence-corrected chi connectivity index (χ3v) is 4.50. The Balaban J connectivity index is 1.68. The lowest BCUT2D eigenvalue weighted by Gasteiger charge is -2.37. The van der Waals surface area contributed by atoms with Gasteiger partial charge in [0.2, 0.25) is 5.91 Å². The average Bonchev–Trinajstić information content (AvgIpc) is 2.76. The lowest BCUT2D eigenvalue weighted by atomic mass is 9.99. The smallest absolute Gasteiger partial charge is 0.247 e. The molecule has 20 heavy (non-hydrogen) atoms. The van der Waals surface area contributed by atoms with E-state index in [4.69, 9.17) is 4.74 Å². The van der Waals surface area contributed by atoms with Crippen LogP contribution in [0.25, 0.3) is 6.08 Å². The molecule has 0 N–H and O–H groups in total. The third kappa shape index (κ3) is 2.63. The average molecular weight is 271 g/mol. The highest BCUT2D eigenvalue weighted by Gasteiger charge is 2.42. The van der Waals surface area contributed by atoms with E-state index in [2.05, 4.69) is 4.90 Å². The number of hydrogen-bond acceptors (Lipinski definition) is 2. The van der Waals surface area contributed by atoms with Crippen LogP contribution in [-0.2, 0) is 9.53 Å². The predicted molar refractivity (Wildman–Crippen MR) is 79.2 cm³/mol. The van der Waals surface area contributed by atoms with Crippen molar-refractivity contribution in [2.45, 2.75) is 43.9 Å². The summed E-state index contributed by atoms with van der Waals surface area (Å²) in [7, 11) is 1.77. The highest BCUT2D eigenvalue weighted by molar-refractivity contribution is 5.92. The number of methoxy groups -OCH3 is 1. The van der Waals surface area contributed by atoms with Crippen LogP contribution in [0.1, 0.15) is 31.2 Å². The molecule has 0 spiro atoms. The van der Waals surface area contributed by atoms with Gasteiger partial charge in [-0.2, -0.15) is 0 Å². The first-order chi connectivity index (χ1) is 9.78. The van der Waals surface area contributed by atoms with Crippen LogP contribution >= 0.6 is 0 Å². The highest BCUT2D eigenvalue weighted by Crippen LogP contribution is 2.36. The maximum Gasteiger partial charge on any atom is 0.247 e. The molecule has 2 atom stereocenters. The van der Waals surface area contributed by atoms with E-state index in [1.807, 2.05) is 36.4 Å². The Hall–Kier alpha value is -1.61. The van der Waals surface area contributed by atoms with Gasteiger partial charge in [0.1, 0.15) is 0 Å². The fraction of sp³-hybridized carbons (Fsp3) is 0.471. The maximum absolute atomic E-state index is 12.4. The van der Waals surface area contributed by atoms with E-state index in [1.165, 1.54) is 0 Å². The summed E-state index contributed by atoms with van der Waals surface area (Å²) in [5, 5.41) is 0. The van der Waals surface area contributed by atoms with Crippen molar-refractivity contribution in [3.8, 4) is 0 Å². The number of amides is 1. The first kappa shape index (κ1) is 13.4. The summed E-state index contributed by atoms with van der Waals surface area (Å²) in [4.78, 5) is 14.5. The first-order valence-electron chi connectivity index (χ1n) is 7.36. The van der Waals surface area contributed by atoms with Gasteiger partial charge in [-0.25, -0.2) is 0 Å². The van der Waals surface area contributed by atoms with Gasteiger partial charge in [-0.1, -0.05) is 30.3 Å². The van der Waals surface area contributed by atoms with Crippen molar-refractivity contribution in [2.24, 2.45) is 0 Å². The van der Waals surface area contributed by atoms with Crippen molar-refractivity contribution in [1.29, 1.82) is 0 Å². The van der Waals surface area contributed by atoms with Gasteiger partial charge >= 0.3 is 0 Å². The Labute approximate surface area is 120 Å². The first-order valence-corrected chi connectivity index (χ1v) is 7.36. The van der Waals surface area contributed by atoms with Crippen LogP contribution in [0, 0.1) is 0 Å². The van der Waals surface area contributed by atoms with Gasteiger partial charge in [0.15, 0.2) is 0 Å². The summed E-state index contributed by atoms with van der Waals surface area (Å²) in [6.07, 6.45) is 8.16. The summed E-state index contributed by atoms with van der Waals surface area (Å²) < 4.78 is 5.47. The van der Waals surface area contributed by atoms with Crippen LogP contribution in [0.4, 0.5) is 0 Å². The second kappa shape index (κ2) is 5.80. The molecule has 2 bridgehead atoms. The number of fused-ring (bicyclic) bond motifs is 2. The summed E-state index contributed by atoms with van der Waals surface area (Å²) in [6.45, 7) is 0. The molecule has 1 amide bonds. The molecule has 106 valence electrons. The molecule has 2 saturated heterocycles. The Morgan fingerprint density at radius 3 is 2.45 bits per heavy atom. The third-order valence-electron chi connectivity index (χ3n) is 4.50. The van der Waals surface area contributed by atoms with E-state index >= 15 is 0 Å². The molecule has 1 aromatic carbocycles. The van der Waals surface area contributed by atoms with Gasteiger partial charge < -0.3 is 9.64 Å². The van der Waals surface area contributed by atoms with Crippen molar-refractivity contribution in [3.05, 3.63) is 42.0 Å². The second-order valence-corrected chi connectivity index (χ2v) is 5.70. The molecule has 0 aliphatic carbocycles. The van der Waals surface area contributed by atoms with Gasteiger partial charge in [0.25, 0.3) is 0 Å². The van der Waals surface area contributed by atoms with Gasteiger partial charge in [-0.3, -0.25) is 4.79 Å². The molecule has 3 nitrogen and oxygen atoms in total. The molecule has 3 heteroatoms. The standard InChI is InChI=1S/C17H21NO2/c1-20-16-11-14-8-9-15(12-16)18(14)17(19)10-7-13-5-3-2-4-6-13/h2-7,10,14-16H,8-9,11-12H2,1H3. The van der Waals surface area contributed by atoms with Crippen LogP contribution in [0.2, 0.25) is 0 Å². The van der Waals surface area contributed by atoms with E-state index in [-0.39, 0.29) is 5.91 Å². The fourth-order valence-electron chi connectivity index (χ4n) is 3.50. The van der Waals surface area contributed by atoms with E-state index < -0.39 is 0 Å². The molecule has 2 unspecified atom stereocenters. The van der Waals surface area contributed by atoms with Crippen molar-refractivity contribution in [1.82, 2.24) is 4.90 Å². The summed E-state index contributed by atoms with van der Waals surface area (Å²) in [5.41, 5.74) is 1.07. The normalized spacial score (nSPS) is 29.1. The number of ether oxygens (including phenoxy) is 1. The summed E-state index contributed by atoms with van der Waals surface area (Å²) >= 11 is 0. The maximum atomic E-state index is 12.4. The lowest BCUT2D eigenvalue weighted by Crippen LogP contribution is -2.47. The molecule has 0 aromatic heterocycles. The summed E-state index contributed by atoms with van der Waals surface area (Å²) in [6, 6.07) is 10.7. The van der Waals surface area contributed by atoms with Crippen LogP contribution in [0.3, 0.4) is 0 Å². The molecular formula is C17H21NO2. The topological polar surface area (TPSA) is 29.5 Å². The number of hydrogen-bond donors (Lipinski definition) is 0. The van der Waals surface area contributed by atoms with Gasteiger partial charge in [-0.15, -0.1) is 0 Å². The van der Waals surface area contributed by atoms with Crippen molar-refractivity contribution < 1.29 is 9.53 Å². The minimum Gasteiger partial charge on any atom is -0.381 e. The minimum absolute atomic E-state index is 0.149. The molecule has 1 aromatic rings. The molecule has 2 aliphatic heterocycles. The number of piperidine rings is 1. The van der Waals surface area contributed by atoms with Crippen molar-refractivity contribution >= 4 is 12.0 Å². The second-order valence-electron chi connectivity index (χ2n) is 5.70. The van der Waals surface area contributed by atoms with E-state index in [1.54, 1.807) is 13.2 Å². The minimum atomic E-state index is 0.149. The quantitative estimate of drug-likeness (QED) is 0.791. The lowest BCUT2D eigenvalue weighted by molar-refractivity contribution is -0.132. The van der Waals surface area contributed by atoms with Crippen molar-refractivity contribution in [2.75, 3.05) is 7.11 Å². The highest BCUT2D eigenvalue weighted by atomic mass is 16.5. The Morgan fingerprint density at radius 2 is 1.85 bits per heavy atom. The summed E-state index contributed by atoms with van der Waals surface area (Å²) in [5.74, 6) is 0.149. The fourth-order valence-corrected chi connectivity index (χ4v) is 3.50. The number of nitrogens with zero attached hydrogens (tertiary/aromatic N) is 1. The van der Waals surface area contributed by atoms with Crippen LogP contribution in [0.5, 0.6) is 0 Å². The zero-order valence-corrected chi connectivity index (χ0v) is 11.9. The van der Waals surface area contributed by atoms with E-state index in [9.17, 15) is 4.79 Å². The Morgan fingerprint density at radius 1 is 1.20 bits per heavy atom. The zero-order chi connectivity index (χ0) is 13.9. The largest absolute Gasteiger partial charge is 0.381 e. The van der Waals surface area contributed by atoms with Crippen molar-refractivity contribution in [3.63, 3.8) is 0 Å². The molecule has 2 fully saturated rings. The zero-order valence-electron chi connectivity index (χ0n) is 11.9. The number of carbonyl (C=O) groups excluding carboxylic acids is 1. The monoisotopic (exact) mass is 271 g/mol. The molecule has 2 heterocycles. The SMILES string of the molecule is COC1CC2CCC(C1)N2C(=O)C=Cc1ccccc1. The van der Waals surface area contributed by atoms with E-state index in [0.717, 1.165) is 31.2 Å². The molecule has 0 saturated carbocycles. The van der Waals surface area contributed by atoms with E-state index in [0.29, 0.717) is 18.2 Å². The number of carbonyl (C=O) groups is 1. The van der Waals surface area contributed by atoms with Crippen LogP contribution in [-0.4, -0.2) is 36.1 Å². The molecule has 3 rings (SSSR count). The Kier molecular flexibility index (Phi) is 3.88. The number of benzene rings is 1. The van der Waals surface area contributed by atoms with Gasteiger partial charge in [0, 0.05) is 25.3 Å². The molecular weight excluding hydrogens is 250 g/mol. The number of rotatable bonds is 3. The predicted octanol–water partition coefficient (Wildman–Crippen LogP) is 2.87. The van der Waals surface area contributed by atoms with Crippen LogP contribution in [0.15, 0.2) is 36.4 Å². The Bertz CT molecular complexity index is 483. The molecule has 0 radical (unpaired) electrons. The van der Waals surface area contributed by atoms with Gasteiger partial charge in [-0.05, 0) is 37.3 Å². The van der Waals surface area contributed by atoms with Gasteiger partial charge in [0.05, 0.1) is 6.10 Å². The van der Waals surface area contributed by atoms with Crippen LogP contribution < -0.4 is 0 Å². The molecule has 2 aliphatic rings.